The maximum absolute atomic E-state index is 12.7. The topological polar surface area (TPSA) is 62.3 Å². The third-order valence-corrected chi connectivity index (χ3v) is 4.60. The Morgan fingerprint density at radius 3 is 2.56 bits per heavy atom. The number of nitrogens with one attached hydrogen (secondary N) is 1. The van der Waals surface area contributed by atoms with Crippen LogP contribution in [0.3, 0.4) is 0 Å². The molecule has 0 fully saturated rings. The molecule has 0 bridgehead atoms. The maximum atomic E-state index is 12.7. The Morgan fingerprint density at radius 2 is 1.96 bits per heavy atom. The minimum atomic E-state index is -0.209. The molecule has 2 amide bonds. The third kappa shape index (κ3) is 6.66. The summed E-state index contributed by atoms with van der Waals surface area (Å²) in [6.07, 6.45) is 1.17. The average Bonchev–Trinajstić information content (AvgIpc) is 2.97. The molecule has 2 rings (SSSR count). The lowest BCUT2D eigenvalue weighted by Gasteiger charge is -2.23. The van der Waals surface area contributed by atoms with Crippen LogP contribution in [-0.4, -0.2) is 34.8 Å². The fourth-order valence-corrected chi connectivity index (χ4v) is 3.04. The molecule has 1 N–H and O–H groups in total. The van der Waals surface area contributed by atoms with Gasteiger partial charge in [-0.3, -0.25) is 9.59 Å². The second-order valence-corrected chi connectivity index (χ2v) is 7.36. The minimum Gasteiger partial charge on any atom is -0.333 e. The number of carbonyl (C=O) groups excluding carboxylic acids is 2. The molecule has 5 nitrogen and oxygen atoms in total. The van der Waals surface area contributed by atoms with Gasteiger partial charge in [0.05, 0.1) is 18.7 Å². The lowest BCUT2D eigenvalue weighted by atomic mass is 10.1. The van der Waals surface area contributed by atoms with Crippen molar-refractivity contribution < 1.29 is 9.59 Å². The molecule has 0 aliphatic rings. The van der Waals surface area contributed by atoms with E-state index in [4.69, 9.17) is 0 Å². The number of amides is 2. The van der Waals surface area contributed by atoms with Gasteiger partial charge in [0, 0.05) is 11.9 Å². The van der Waals surface area contributed by atoms with E-state index in [0.717, 1.165) is 17.7 Å². The fourth-order valence-electron chi connectivity index (χ4n) is 2.33. The van der Waals surface area contributed by atoms with Crippen molar-refractivity contribution in [1.82, 2.24) is 9.88 Å². The summed E-state index contributed by atoms with van der Waals surface area (Å²) in [6, 6.07) is 9.61. The Labute approximate surface area is 153 Å². The van der Waals surface area contributed by atoms with Crippen molar-refractivity contribution in [2.45, 2.75) is 33.6 Å². The third-order valence-electron chi connectivity index (χ3n) is 3.73. The zero-order valence-electron chi connectivity index (χ0n) is 15.0. The van der Waals surface area contributed by atoms with Gasteiger partial charge in [0.15, 0.2) is 5.13 Å². The molecule has 0 aliphatic heterocycles. The van der Waals surface area contributed by atoms with Crippen molar-refractivity contribution in [2.24, 2.45) is 5.92 Å². The molecule has 0 unspecified atom stereocenters. The van der Waals surface area contributed by atoms with Crippen LogP contribution in [0.25, 0.3) is 0 Å². The molecular formula is C19H25N3O2S. The van der Waals surface area contributed by atoms with E-state index >= 15 is 0 Å². The summed E-state index contributed by atoms with van der Waals surface area (Å²) in [5.74, 6) is 0.230. The van der Waals surface area contributed by atoms with E-state index < -0.39 is 0 Å². The second kappa shape index (κ2) is 9.32. The van der Waals surface area contributed by atoms with Gasteiger partial charge in [-0.1, -0.05) is 44.2 Å². The molecule has 6 heteroatoms. The predicted octanol–water partition coefficient (Wildman–Crippen LogP) is 3.51. The number of aromatic nitrogens is 1. The van der Waals surface area contributed by atoms with Crippen molar-refractivity contribution in [3.05, 3.63) is 47.0 Å². The Hall–Kier alpha value is -2.21. The molecule has 0 atom stereocenters. The van der Waals surface area contributed by atoms with Gasteiger partial charge in [-0.25, -0.2) is 4.98 Å². The molecule has 1 aromatic heterocycles. The zero-order chi connectivity index (χ0) is 18.2. The first-order valence-corrected chi connectivity index (χ1v) is 9.35. The Balaban J connectivity index is 1.98. The van der Waals surface area contributed by atoms with Gasteiger partial charge in [0.25, 0.3) is 0 Å². The van der Waals surface area contributed by atoms with E-state index in [1.165, 1.54) is 11.3 Å². The van der Waals surface area contributed by atoms with Gasteiger partial charge in [-0.2, -0.15) is 0 Å². The number of hydrogen-bond donors (Lipinski definition) is 1. The van der Waals surface area contributed by atoms with Crippen molar-refractivity contribution in [3.63, 3.8) is 0 Å². The summed E-state index contributed by atoms with van der Waals surface area (Å²) in [7, 11) is 0. The SMILES string of the molecule is Cc1csc(NC(=O)CN(CCC(C)C)C(=O)Cc2ccccc2)n1. The van der Waals surface area contributed by atoms with Gasteiger partial charge >= 0.3 is 0 Å². The maximum Gasteiger partial charge on any atom is 0.245 e. The first-order valence-electron chi connectivity index (χ1n) is 8.47. The first-order chi connectivity index (χ1) is 11.9. The largest absolute Gasteiger partial charge is 0.333 e. The molecular weight excluding hydrogens is 334 g/mol. The molecule has 0 spiro atoms. The van der Waals surface area contributed by atoms with Crippen LogP contribution in [0.1, 0.15) is 31.5 Å². The van der Waals surface area contributed by atoms with Crippen LogP contribution in [0.5, 0.6) is 0 Å². The van der Waals surface area contributed by atoms with Crippen LogP contribution in [-0.2, 0) is 16.0 Å². The highest BCUT2D eigenvalue weighted by Crippen LogP contribution is 2.14. The molecule has 1 aromatic carbocycles. The molecule has 25 heavy (non-hydrogen) atoms. The normalized spacial score (nSPS) is 10.7. The van der Waals surface area contributed by atoms with Crippen molar-refractivity contribution in [2.75, 3.05) is 18.4 Å². The Kier molecular flexibility index (Phi) is 7.13. The molecule has 0 aliphatic carbocycles. The first kappa shape index (κ1) is 19.1. The molecule has 0 saturated carbocycles. The second-order valence-electron chi connectivity index (χ2n) is 6.50. The number of rotatable bonds is 8. The van der Waals surface area contributed by atoms with Crippen LogP contribution >= 0.6 is 11.3 Å². The summed E-state index contributed by atoms with van der Waals surface area (Å²) in [5, 5.41) is 5.23. The number of hydrogen-bond acceptors (Lipinski definition) is 4. The van der Waals surface area contributed by atoms with Crippen LogP contribution in [0, 0.1) is 12.8 Å². The number of carbonyl (C=O) groups is 2. The highest BCUT2D eigenvalue weighted by Gasteiger charge is 2.18. The van der Waals surface area contributed by atoms with E-state index in [1.807, 2.05) is 42.6 Å². The van der Waals surface area contributed by atoms with Crippen LogP contribution < -0.4 is 5.32 Å². The highest BCUT2D eigenvalue weighted by atomic mass is 32.1. The summed E-state index contributed by atoms with van der Waals surface area (Å²) in [6.45, 7) is 6.73. The van der Waals surface area contributed by atoms with Gasteiger partial charge in [0.2, 0.25) is 11.8 Å². The average molecular weight is 359 g/mol. The number of benzene rings is 1. The monoisotopic (exact) mass is 359 g/mol. The summed E-state index contributed by atoms with van der Waals surface area (Å²) in [4.78, 5) is 30.8. The van der Waals surface area contributed by atoms with E-state index in [9.17, 15) is 9.59 Å². The van der Waals surface area contributed by atoms with E-state index in [1.54, 1.807) is 4.90 Å². The predicted molar refractivity (Wildman–Crippen MR) is 102 cm³/mol. The molecule has 134 valence electrons. The lowest BCUT2D eigenvalue weighted by Crippen LogP contribution is -2.39. The smallest absolute Gasteiger partial charge is 0.245 e. The van der Waals surface area contributed by atoms with Crippen LogP contribution in [0.15, 0.2) is 35.7 Å². The van der Waals surface area contributed by atoms with E-state index in [0.29, 0.717) is 24.0 Å². The number of thiazole rings is 1. The summed E-state index contributed by atoms with van der Waals surface area (Å²) in [5.41, 5.74) is 1.83. The highest BCUT2D eigenvalue weighted by molar-refractivity contribution is 7.13. The van der Waals surface area contributed by atoms with Crippen molar-refractivity contribution >= 4 is 28.3 Å². The standard InChI is InChI=1S/C19H25N3O2S/c1-14(2)9-10-22(18(24)11-16-7-5-4-6-8-16)12-17(23)21-19-20-15(3)13-25-19/h4-8,13-14H,9-12H2,1-3H3,(H,20,21,23). The van der Waals surface area contributed by atoms with Crippen molar-refractivity contribution in [1.29, 1.82) is 0 Å². The fraction of sp³-hybridized carbons (Fsp3) is 0.421. The van der Waals surface area contributed by atoms with Gasteiger partial charge in [-0.15, -0.1) is 11.3 Å². The van der Waals surface area contributed by atoms with Crippen molar-refractivity contribution in [3.8, 4) is 0 Å². The molecule has 0 saturated heterocycles. The molecule has 1 heterocycles. The number of nitrogens with zero attached hydrogens (tertiary/aromatic N) is 2. The van der Waals surface area contributed by atoms with Crippen LogP contribution in [0.2, 0.25) is 0 Å². The van der Waals surface area contributed by atoms with Gasteiger partial charge in [-0.05, 0) is 24.8 Å². The minimum absolute atomic E-state index is 0.0303. The zero-order valence-corrected chi connectivity index (χ0v) is 15.8. The Morgan fingerprint density at radius 1 is 1.24 bits per heavy atom. The Bertz CT molecular complexity index is 698. The number of aryl methyl sites for hydroxylation is 1. The lowest BCUT2D eigenvalue weighted by molar-refractivity contribution is -0.134. The van der Waals surface area contributed by atoms with Gasteiger partial charge < -0.3 is 10.2 Å². The summed E-state index contributed by atoms with van der Waals surface area (Å²) < 4.78 is 0. The van der Waals surface area contributed by atoms with E-state index in [2.05, 4.69) is 24.1 Å². The molecule has 2 aromatic rings. The van der Waals surface area contributed by atoms with E-state index in [-0.39, 0.29) is 18.4 Å². The molecule has 0 radical (unpaired) electrons. The van der Waals surface area contributed by atoms with Crippen LogP contribution in [0.4, 0.5) is 5.13 Å². The van der Waals surface area contributed by atoms with Gasteiger partial charge in [0.1, 0.15) is 0 Å². The number of anilines is 1. The summed E-state index contributed by atoms with van der Waals surface area (Å²) >= 11 is 1.39. The quantitative estimate of drug-likeness (QED) is 0.784.